The number of nitrogens with one attached hydrogen (secondary N) is 1. The Labute approximate surface area is 107 Å². The molecule has 1 amide bonds. The second-order valence-corrected chi connectivity index (χ2v) is 3.86. The maximum absolute atomic E-state index is 12.9. The summed E-state index contributed by atoms with van der Waals surface area (Å²) in [5.74, 6) is -2.81. The van der Waals surface area contributed by atoms with Crippen LogP contribution < -0.4 is 11.1 Å². The van der Waals surface area contributed by atoms with Gasteiger partial charge in [-0.25, -0.2) is 0 Å². The minimum atomic E-state index is -0.987. The first-order chi connectivity index (χ1) is 8.95. The highest BCUT2D eigenvalue weighted by Crippen LogP contribution is 2.20. The van der Waals surface area contributed by atoms with Gasteiger partial charge in [-0.2, -0.15) is 18.7 Å². The van der Waals surface area contributed by atoms with Gasteiger partial charge in [-0.1, -0.05) is 6.07 Å². The Morgan fingerprint density at radius 1 is 1.21 bits per heavy atom. The maximum atomic E-state index is 12.9. The number of anilines is 2. The quantitative estimate of drug-likeness (QED) is 0.830. The summed E-state index contributed by atoms with van der Waals surface area (Å²) in [4.78, 5) is 17.9. The highest BCUT2D eigenvalue weighted by atomic mass is 19.1. The molecule has 2 rings (SSSR count). The molecule has 1 aromatic heterocycles. The summed E-state index contributed by atoms with van der Waals surface area (Å²) < 4.78 is 25.9. The van der Waals surface area contributed by atoms with Crippen molar-refractivity contribution in [2.24, 2.45) is 5.73 Å². The number of carbonyl (C=O) groups excluding carboxylic acids is 1. The van der Waals surface area contributed by atoms with Gasteiger partial charge in [-0.3, -0.25) is 4.79 Å². The number of nitrogens with zero attached hydrogens (tertiary/aromatic N) is 2. The fraction of sp³-hybridized carbons (Fsp3) is 0.0833. The fourth-order valence-electron chi connectivity index (χ4n) is 1.48. The molecule has 0 radical (unpaired) electrons. The zero-order chi connectivity index (χ0) is 14.0. The molecule has 0 unspecified atom stereocenters. The Kier molecular flexibility index (Phi) is 3.37. The van der Waals surface area contributed by atoms with Crippen LogP contribution in [0.2, 0.25) is 0 Å². The Morgan fingerprint density at radius 3 is 2.42 bits per heavy atom. The summed E-state index contributed by atoms with van der Waals surface area (Å²) in [5.41, 5.74) is 6.62. The van der Waals surface area contributed by atoms with E-state index in [0.717, 1.165) is 5.56 Å². The van der Waals surface area contributed by atoms with Crippen LogP contribution in [0.1, 0.15) is 15.9 Å². The molecule has 98 valence electrons. The van der Waals surface area contributed by atoms with Crippen LogP contribution in [-0.2, 0) is 0 Å². The van der Waals surface area contributed by atoms with Gasteiger partial charge >= 0.3 is 0 Å². The molecule has 0 bridgehead atoms. The minimum Gasteiger partial charge on any atom is -0.366 e. The smallest absolute Gasteiger partial charge is 0.248 e. The lowest BCUT2D eigenvalue weighted by Crippen LogP contribution is -2.11. The predicted octanol–water partition coefficient (Wildman–Crippen LogP) is 1.91. The van der Waals surface area contributed by atoms with Crippen LogP contribution in [0.3, 0.4) is 0 Å². The highest BCUT2D eigenvalue weighted by molar-refractivity contribution is 5.94. The molecule has 1 aromatic carbocycles. The van der Waals surface area contributed by atoms with Crippen LogP contribution in [0, 0.1) is 18.8 Å². The summed E-state index contributed by atoms with van der Waals surface area (Å²) in [6.07, 6.45) is 0. The van der Waals surface area contributed by atoms with Crippen LogP contribution in [0.5, 0.6) is 0 Å². The minimum absolute atomic E-state index is 0.234. The molecular weight excluding hydrogens is 254 g/mol. The highest BCUT2D eigenvalue weighted by Gasteiger charge is 2.08. The number of nitrogens with two attached hydrogens (primary N) is 1. The van der Waals surface area contributed by atoms with Crippen molar-refractivity contribution in [2.45, 2.75) is 6.92 Å². The standard InChI is InChI=1S/C12H10F2N4O/c1-6-2-3-7(11(15)19)4-8(6)16-12-17-9(13)5-10(14)18-12/h2-5H,1H3,(H2,15,19)(H,16,17,18). The Balaban J connectivity index is 2.37. The van der Waals surface area contributed by atoms with E-state index < -0.39 is 17.8 Å². The van der Waals surface area contributed by atoms with E-state index >= 15 is 0 Å². The first-order valence-electron chi connectivity index (χ1n) is 5.33. The molecule has 3 N–H and O–H groups in total. The number of amides is 1. The second kappa shape index (κ2) is 4.97. The molecule has 0 atom stereocenters. The normalized spacial score (nSPS) is 10.3. The molecule has 19 heavy (non-hydrogen) atoms. The van der Waals surface area contributed by atoms with Gasteiger partial charge < -0.3 is 11.1 Å². The number of carbonyl (C=O) groups is 1. The zero-order valence-corrected chi connectivity index (χ0v) is 9.95. The summed E-state index contributed by atoms with van der Waals surface area (Å²) in [6.45, 7) is 1.75. The topological polar surface area (TPSA) is 80.9 Å². The van der Waals surface area contributed by atoms with Crippen LogP contribution in [0.15, 0.2) is 24.3 Å². The fourth-order valence-corrected chi connectivity index (χ4v) is 1.48. The van der Waals surface area contributed by atoms with Crippen molar-refractivity contribution in [1.82, 2.24) is 9.97 Å². The van der Waals surface area contributed by atoms with Crippen molar-refractivity contribution >= 4 is 17.5 Å². The van der Waals surface area contributed by atoms with E-state index in [0.29, 0.717) is 11.8 Å². The monoisotopic (exact) mass is 264 g/mol. The van der Waals surface area contributed by atoms with E-state index in [1.807, 2.05) is 0 Å². The van der Waals surface area contributed by atoms with E-state index in [9.17, 15) is 13.6 Å². The number of rotatable bonds is 3. The lowest BCUT2D eigenvalue weighted by Gasteiger charge is -2.09. The van der Waals surface area contributed by atoms with Crippen LogP contribution in [0.4, 0.5) is 20.4 Å². The van der Waals surface area contributed by atoms with Crippen molar-refractivity contribution in [1.29, 1.82) is 0 Å². The third-order valence-electron chi connectivity index (χ3n) is 2.43. The SMILES string of the molecule is Cc1ccc(C(N)=O)cc1Nc1nc(F)cc(F)n1. The van der Waals surface area contributed by atoms with Gasteiger partial charge in [-0.15, -0.1) is 0 Å². The third kappa shape index (κ3) is 3.01. The lowest BCUT2D eigenvalue weighted by atomic mass is 10.1. The Bertz CT molecular complexity index is 625. The van der Waals surface area contributed by atoms with Gasteiger partial charge in [0.25, 0.3) is 0 Å². The third-order valence-corrected chi connectivity index (χ3v) is 2.43. The molecular formula is C12H10F2N4O. The van der Waals surface area contributed by atoms with Crippen LogP contribution in [-0.4, -0.2) is 15.9 Å². The molecule has 5 nitrogen and oxygen atoms in total. The Hall–Kier alpha value is -2.57. The first kappa shape index (κ1) is 12.9. The van der Waals surface area contributed by atoms with Crippen molar-refractivity contribution < 1.29 is 13.6 Å². The van der Waals surface area contributed by atoms with Crippen molar-refractivity contribution in [2.75, 3.05) is 5.32 Å². The number of aromatic nitrogens is 2. The molecule has 7 heteroatoms. The molecule has 0 fully saturated rings. The number of halogens is 2. The van der Waals surface area contributed by atoms with Gasteiger partial charge in [0, 0.05) is 17.3 Å². The van der Waals surface area contributed by atoms with Gasteiger partial charge in [0.15, 0.2) is 0 Å². The average Bonchev–Trinajstić information content (AvgIpc) is 2.30. The number of primary amides is 1. The summed E-state index contributed by atoms with van der Waals surface area (Å²) in [5, 5.41) is 2.64. The molecule has 0 spiro atoms. The van der Waals surface area contributed by atoms with E-state index in [4.69, 9.17) is 5.73 Å². The molecule has 1 heterocycles. The van der Waals surface area contributed by atoms with Crippen LogP contribution >= 0.6 is 0 Å². The Morgan fingerprint density at radius 2 is 1.84 bits per heavy atom. The lowest BCUT2D eigenvalue weighted by molar-refractivity contribution is 0.100. The van der Waals surface area contributed by atoms with Crippen molar-refractivity contribution in [3.63, 3.8) is 0 Å². The molecule has 0 saturated carbocycles. The van der Waals surface area contributed by atoms with E-state index in [1.54, 1.807) is 19.1 Å². The number of aryl methyl sites for hydroxylation is 1. The zero-order valence-electron chi connectivity index (χ0n) is 9.95. The predicted molar refractivity (Wildman–Crippen MR) is 64.9 cm³/mol. The van der Waals surface area contributed by atoms with Crippen molar-refractivity contribution in [3.05, 3.63) is 47.3 Å². The van der Waals surface area contributed by atoms with Gasteiger partial charge in [-0.05, 0) is 24.6 Å². The molecule has 0 aliphatic carbocycles. The molecule has 2 aromatic rings. The summed E-state index contributed by atoms with van der Waals surface area (Å²) in [6, 6.07) is 5.23. The van der Waals surface area contributed by atoms with E-state index in [-0.39, 0.29) is 11.5 Å². The van der Waals surface area contributed by atoms with E-state index in [2.05, 4.69) is 15.3 Å². The van der Waals surface area contributed by atoms with E-state index in [1.165, 1.54) is 6.07 Å². The van der Waals surface area contributed by atoms with Crippen LogP contribution in [0.25, 0.3) is 0 Å². The summed E-state index contributed by atoms with van der Waals surface area (Å²) in [7, 11) is 0. The van der Waals surface area contributed by atoms with Gasteiger partial charge in [0.2, 0.25) is 23.8 Å². The summed E-state index contributed by atoms with van der Waals surface area (Å²) >= 11 is 0. The number of benzene rings is 1. The van der Waals surface area contributed by atoms with Crippen molar-refractivity contribution in [3.8, 4) is 0 Å². The first-order valence-corrected chi connectivity index (χ1v) is 5.33. The van der Waals surface area contributed by atoms with Gasteiger partial charge in [0.05, 0.1) is 0 Å². The number of hydrogen-bond donors (Lipinski definition) is 2. The molecule has 0 aliphatic rings. The molecule has 0 aliphatic heterocycles. The molecule has 0 saturated heterocycles. The number of hydrogen-bond acceptors (Lipinski definition) is 4. The largest absolute Gasteiger partial charge is 0.366 e. The average molecular weight is 264 g/mol. The second-order valence-electron chi connectivity index (χ2n) is 3.86. The van der Waals surface area contributed by atoms with Gasteiger partial charge in [0.1, 0.15) is 0 Å². The maximum Gasteiger partial charge on any atom is 0.248 e.